The molecule has 3 aromatic rings. The van der Waals surface area contributed by atoms with Gasteiger partial charge in [0, 0.05) is 29.8 Å². The van der Waals surface area contributed by atoms with Crippen molar-refractivity contribution in [1.29, 1.82) is 0 Å². The third-order valence-corrected chi connectivity index (χ3v) is 8.16. The van der Waals surface area contributed by atoms with E-state index >= 15 is 0 Å². The lowest BCUT2D eigenvalue weighted by molar-refractivity contribution is 0.300. The highest BCUT2D eigenvalue weighted by molar-refractivity contribution is 7.89. The van der Waals surface area contributed by atoms with Crippen LogP contribution in [0.5, 0.6) is 0 Å². The van der Waals surface area contributed by atoms with Crippen LogP contribution >= 0.6 is 0 Å². The largest absolute Gasteiger partial charge is 0.244 e. The molecule has 29 heavy (non-hydrogen) atoms. The van der Waals surface area contributed by atoms with E-state index in [2.05, 4.69) is 4.98 Å². The lowest BCUT2D eigenvalue weighted by Gasteiger charge is -2.35. The quantitative estimate of drug-likeness (QED) is 0.655. The highest BCUT2D eigenvalue weighted by Gasteiger charge is 2.47. The minimum Gasteiger partial charge on any atom is -0.236 e. The zero-order valence-electron chi connectivity index (χ0n) is 16.5. The predicted molar refractivity (Wildman–Crippen MR) is 112 cm³/mol. The molecule has 0 unspecified atom stereocenters. The van der Waals surface area contributed by atoms with E-state index in [0.29, 0.717) is 17.1 Å². The third-order valence-electron chi connectivity index (χ3n) is 6.06. The lowest BCUT2D eigenvalue weighted by atomic mass is 10.0. The average Bonchev–Trinajstić information content (AvgIpc) is 3.06. The number of fused-ring (bicyclic) bond motifs is 4. The van der Waals surface area contributed by atoms with Gasteiger partial charge in [0.2, 0.25) is 10.0 Å². The van der Waals surface area contributed by atoms with Crippen LogP contribution in [0.4, 0.5) is 0 Å². The van der Waals surface area contributed by atoms with Gasteiger partial charge in [-0.05, 0) is 43.9 Å². The molecule has 0 spiro atoms. The van der Waals surface area contributed by atoms with Gasteiger partial charge in [-0.2, -0.15) is 4.31 Å². The van der Waals surface area contributed by atoms with Crippen molar-refractivity contribution in [2.45, 2.75) is 50.1 Å². The zero-order chi connectivity index (χ0) is 20.2. The van der Waals surface area contributed by atoms with Gasteiger partial charge in [-0.15, -0.1) is 0 Å². The molecule has 2 aliphatic rings. The Bertz CT molecular complexity index is 1190. The van der Waals surface area contributed by atoms with E-state index in [9.17, 15) is 8.42 Å². The highest BCUT2D eigenvalue weighted by atomic mass is 32.2. The first kappa shape index (κ1) is 18.5. The number of hydrogen-bond acceptors (Lipinski definition) is 4. The fourth-order valence-corrected chi connectivity index (χ4v) is 6.79. The summed E-state index contributed by atoms with van der Waals surface area (Å²) >= 11 is 0. The molecule has 0 saturated carbocycles. The minimum atomic E-state index is -3.58. The highest BCUT2D eigenvalue weighted by Crippen LogP contribution is 2.46. The first-order valence-electron chi connectivity index (χ1n) is 9.97. The molecule has 6 heteroatoms. The number of nitrogens with zero attached hydrogens (tertiary/aromatic N) is 3. The Hall–Kier alpha value is -2.57. The molecule has 0 aliphatic carbocycles. The summed E-state index contributed by atoms with van der Waals surface area (Å²) < 4.78 is 28.9. The molecule has 5 rings (SSSR count). The van der Waals surface area contributed by atoms with Gasteiger partial charge in [0.25, 0.3) is 0 Å². The van der Waals surface area contributed by atoms with E-state index in [-0.39, 0.29) is 12.1 Å². The van der Waals surface area contributed by atoms with Crippen LogP contribution in [-0.2, 0) is 16.4 Å². The Morgan fingerprint density at radius 2 is 1.83 bits per heavy atom. The number of hydrogen-bond donors (Lipinski definition) is 0. The van der Waals surface area contributed by atoms with Crippen molar-refractivity contribution < 1.29 is 8.42 Å². The van der Waals surface area contributed by atoms with Crippen LogP contribution in [0.25, 0.3) is 11.4 Å². The molecule has 2 aliphatic heterocycles. The van der Waals surface area contributed by atoms with Crippen LogP contribution in [-0.4, -0.2) is 28.7 Å². The maximum absolute atomic E-state index is 13.6. The van der Waals surface area contributed by atoms with Crippen LogP contribution in [0.2, 0.25) is 0 Å². The molecular formula is C23H23N3O2S. The molecule has 1 saturated heterocycles. The summed E-state index contributed by atoms with van der Waals surface area (Å²) in [5.74, 6) is 0.703. The molecule has 148 valence electrons. The molecule has 1 aromatic heterocycles. The van der Waals surface area contributed by atoms with Crippen molar-refractivity contribution in [2.24, 2.45) is 0 Å². The minimum absolute atomic E-state index is 0.0454. The van der Waals surface area contributed by atoms with Gasteiger partial charge in [-0.25, -0.2) is 18.4 Å². The van der Waals surface area contributed by atoms with Crippen molar-refractivity contribution in [3.8, 4) is 11.4 Å². The molecule has 0 amide bonds. The maximum Gasteiger partial charge on any atom is 0.244 e. The molecule has 5 nitrogen and oxygen atoms in total. The van der Waals surface area contributed by atoms with Crippen molar-refractivity contribution in [3.63, 3.8) is 0 Å². The molecular weight excluding hydrogens is 382 g/mol. The van der Waals surface area contributed by atoms with E-state index in [4.69, 9.17) is 4.98 Å². The maximum atomic E-state index is 13.6. The molecule has 2 atom stereocenters. The molecule has 0 radical (unpaired) electrons. The number of sulfonamides is 1. The van der Waals surface area contributed by atoms with Gasteiger partial charge in [-0.1, -0.05) is 42.5 Å². The van der Waals surface area contributed by atoms with Gasteiger partial charge < -0.3 is 0 Å². The Balaban J connectivity index is 1.56. The SMILES string of the molecule is Cc1ccc(C)c(S(=O)(=O)N2[C@H]3CC[C@@H]2c2cnc(-c4ccccc4)nc2C3)c1. The first-order valence-corrected chi connectivity index (χ1v) is 11.4. The van der Waals surface area contributed by atoms with Crippen molar-refractivity contribution in [3.05, 3.63) is 77.1 Å². The van der Waals surface area contributed by atoms with Crippen molar-refractivity contribution in [2.75, 3.05) is 0 Å². The van der Waals surface area contributed by atoms with Crippen LogP contribution in [0.1, 0.15) is 41.3 Å². The van der Waals surface area contributed by atoms with Crippen molar-refractivity contribution >= 4 is 10.0 Å². The van der Waals surface area contributed by atoms with Crippen molar-refractivity contribution in [1.82, 2.24) is 14.3 Å². The number of aryl methyl sites for hydroxylation is 2. The van der Waals surface area contributed by atoms with Gasteiger partial charge >= 0.3 is 0 Å². The second-order valence-corrected chi connectivity index (χ2v) is 9.83. The number of benzene rings is 2. The van der Waals surface area contributed by atoms with Gasteiger partial charge in [0.1, 0.15) is 0 Å². The average molecular weight is 406 g/mol. The topological polar surface area (TPSA) is 63.2 Å². The van der Waals surface area contributed by atoms with Crippen LogP contribution < -0.4 is 0 Å². The van der Waals surface area contributed by atoms with E-state index < -0.39 is 10.0 Å². The van der Waals surface area contributed by atoms with Crippen LogP contribution in [0, 0.1) is 13.8 Å². The lowest BCUT2D eigenvalue weighted by Crippen LogP contribution is -2.42. The molecule has 2 aromatic carbocycles. The van der Waals surface area contributed by atoms with Gasteiger partial charge in [-0.3, -0.25) is 0 Å². The van der Waals surface area contributed by atoms with E-state index in [1.165, 1.54) is 0 Å². The number of aromatic nitrogens is 2. The summed E-state index contributed by atoms with van der Waals surface area (Å²) in [7, 11) is -3.58. The third kappa shape index (κ3) is 2.98. The normalized spacial score (nSPS) is 21.2. The fraction of sp³-hybridized carbons (Fsp3) is 0.304. The molecule has 1 fully saturated rings. The molecule has 0 N–H and O–H groups in total. The second-order valence-electron chi connectivity index (χ2n) is 8.02. The van der Waals surface area contributed by atoms with Crippen LogP contribution in [0.15, 0.2) is 59.6 Å². The summed E-state index contributed by atoms with van der Waals surface area (Å²) in [6, 6.07) is 15.3. The predicted octanol–water partition coefficient (Wildman–Crippen LogP) is 4.21. The fourth-order valence-electron chi connectivity index (χ4n) is 4.62. The van der Waals surface area contributed by atoms with Gasteiger partial charge in [0.15, 0.2) is 5.82 Å². The Morgan fingerprint density at radius 3 is 2.62 bits per heavy atom. The monoisotopic (exact) mass is 405 g/mol. The Kier molecular flexibility index (Phi) is 4.29. The number of rotatable bonds is 3. The van der Waals surface area contributed by atoms with Gasteiger partial charge in [0.05, 0.1) is 16.6 Å². The zero-order valence-corrected chi connectivity index (χ0v) is 17.4. The summed E-state index contributed by atoms with van der Waals surface area (Å²) in [4.78, 5) is 9.80. The Labute approximate surface area is 171 Å². The summed E-state index contributed by atoms with van der Waals surface area (Å²) in [5.41, 5.74) is 4.66. The summed E-state index contributed by atoms with van der Waals surface area (Å²) in [6.07, 6.45) is 4.14. The smallest absolute Gasteiger partial charge is 0.236 e. The van der Waals surface area contributed by atoms with E-state index in [1.54, 1.807) is 10.4 Å². The van der Waals surface area contributed by atoms with E-state index in [1.807, 2.05) is 62.5 Å². The van der Waals surface area contributed by atoms with Crippen LogP contribution in [0.3, 0.4) is 0 Å². The second kappa shape index (κ2) is 6.75. The first-order chi connectivity index (χ1) is 13.9. The molecule has 3 heterocycles. The standard InChI is InChI=1S/C23H23N3O2S/c1-15-8-9-16(2)22(12-15)29(27,28)26-18-10-11-21(26)19-14-24-23(25-20(19)13-18)17-6-4-3-5-7-17/h3-9,12,14,18,21H,10-11,13H2,1-2H3/t18-,21+/m0/s1. The summed E-state index contributed by atoms with van der Waals surface area (Å²) in [6.45, 7) is 3.79. The Morgan fingerprint density at radius 1 is 1.03 bits per heavy atom. The van der Waals surface area contributed by atoms with E-state index in [0.717, 1.165) is 40.8 Å². The molecule has 2 bridgehead atoms. The summed E-state index contributed by atoms with van der Waals surface area (Å²) in [5, 5.41) is 0.